The number of thiazole rings is 1. The fraction of sp³-hybridized carbons (Fsp3) is 0.267. The van der Waals surface area contributed by atoms with Crippen LogP contribution >= 0.6 is 11.3 Å². The molecule has 1 fully saturated rings. The Morgan fingerprint density at radius 3 is 2.59 bits per heavy atom. The fourth-order valence-corrected chi connectivity index (χ4v) is 2.50. The number of urea groups is 1. The van der Waals surface area contributed by atoms with E-state index in [9.17, 15) is 9.59 Å². The molecule has 1 aromatic heterocycles. The van der Waals surface area contributed by atoms with Crippen molar-refractivity contribution in [2.24, 2.45) is 0 Å². The lowest BCUT2D eigenvalue weighted by molar-refractivity contribution is 0.0947. The molecule has 2 aromatic rings. The van der Waals surface area contributed by atoms with Crippen LogP contribution < -0.4 is 16.0 Å². The summed E-state index contributed by atoms with van der Waals surface area (Å²) < 4.78 is 0. The van der Waals surface area contributed by atoms with Crippen molar-refractivity contribution in [2.75, 3.05) is 10.6 Å². The summed E-state index contributed by atoms with van der Waals surface area (Å²) in [5, 5.41) is 10.2. The van der Waals surface area contributed by atoms with Gasteiger partial charge in [0.1, 0.15) is 5.69 Å². The third-order valence-electron chi connectivity index (χ3n) is 3.18. The van der Waals surface area contributed by atoms with Gasteiger partial charge in [0, 0.05) is 17.1 Å². The number of nitrogens with zero attached hydrogens (tertiary/aromatic N) is 1. The van der Waals surface area contributed by atoms with E-state index in [0.717, 1.165) is 18.4 Å². The number of amides is 3. The summed E-state index contributed by atoms with van der Waals surface area (Å²) in [5.41, 5.74) is 2.16. The van der Waals surface area contributed by atoms with Gasteiger partial charge in [-0.2, -0.15) is 0 Å². The molecule has 1 aliphatic rings. The molecule has 0 atom stereocenters. The van der Waals surface area contributed by atoms with Crippen LogP contribution in [0.15, 0.2) is 29.6 Å². The SMILES string of the molecule is Cc1ccc(NC(=O)Nc2nc(C(=O)NC3CC3)cs2)cc1. The molecule has 1 heterocycles. The number of nitrogens with one attached hydrogen (secondary N) is 3. The van der Waals surface area contributed by atoms with Gasteiger partial charge in [-0.3, -0.25) is 10.1 Å². The molecule has 114 valence electrons. The minimum atomic E-state index is -0.382. The first-order valence-corrected chi connectivity index (χ1v) is 7.89. The standard InChI is InChI=1S/C15H16N4O2S/c1-9-2-4-11(5-3-9)17-14(21)19-15-18-12(8-22-15)13(20)16-10-6-7-10/h2-5,8,10H,6-7H2,1H3,(H,16,20)(H2,17,18,19,21). The van der Waals surface area contributed by atoms with Gasteiger partial charge >= 0.3 is 6.03 Å². The van der Waals surface area contributed by atoms with Crippen LogP contribution in [0.4, 0.5) is 15.6 Å². The van der Waals surface area contributed by atoms with Crippen molar-refractivity contribution in [1.29, 1.82) is 0 Å². The van der Waals surface area contributed by atoms with Crippen LogP contribution in [0.1, 0.15) is 28.9 Å². The topological polar surface area (TPSA) is 83.1 Å². The number of carbonyl (C=O) groups excluding carboxylic acids is 2. The second kappa shape index (κ2) is 6.15. The Bertz CT molecular complexity index is 692. The molecule has 0 aliphatic heterocycles. The Labute approximate surface area is 132 Å². The van der Waals surface area contributed by atoms with Crippen molar-refractivity contribution in [3.8, 4) is 0 Å². The molecular weight excluding hydrogens is 300 g/mol. The summed E-state index contributed by atoms with van der Waals surface area (Å²) in [6.45, 7) is 1.98. The van der Waals surface area contributed by atoms with Gasteiger partial charge in [0.15, 0.2) is 5.13 Å². The number of aromatic nitrogens is 1. The van der Waals surface area contributed by atoms with Crippen LogP contribution in [0.3, 0.4) is 0 Å². The molecule has 22 heavy (non-hydrogen) atoms. The molecular formula is C15H16N4O2S. The van der Waals surface area contributed by atoms with Crippen molar-refractivity contribution < 1.29 is 9.59 Å². The predicted molar refractivity (Wildman–Crippen MR) is 86.4 cm³/mol. The fourth-order valence-electron chi connectivity index (χ4n) is 1.82. The molecule has 0 unspecified atom stereocenters. The highest BCUT2D eigenvalue weighted by Crippen LogP contribution is 2.21. The molecule has 0 radical (unpaired) electrons. The van der Waals surface area contributed by atoms with E-state index < -0.39 is 0 Å². The first kappa shape index (κ1) is 14.5. The number of hydrogen-bond donors (Lipinski definition) is 3. The van der Waals surface area contributed by atoms with Crippen LogP contribution in [-0.4, -0.2) is 23.0 Å². The summed E-state index contributed by atoms with van der Waals surface area (Å²) in [7, 11) is 0. The van der Waals surface area contributed by atoms with Gasteiger partial charge in [0.2, 0.25) is 0 Å². The molecule has 6 nitrogen and oxygen atoms in total. The largest absolute Gasteiger partial charge is 0.348 e. The third kappa shape index (κ3) is 3.82. The summed E-state index contributed by atoms with van der Waals surface area (Å²) in [4.78, 5) is 27.8. The number of benzene rings is 1. The highest BCUT2D eigenvalue weighted by Gasteiger charge is 2.24. The lowest BCUT2D eigenvalue weighted by atomic mass is 10.2. The maximum atomic E-state index is 11.9. The van der Waals surface area contributed by atoms with Gasteiger partial charge in [-0.15, -0.1) is 11.3 Å². The molecule has 0 saturated heterocycles. The maximum Gasteiger partial charge on any atom is 0.325 e. The molecule has 0 bridgehead atoms. The van der Waals surface area contributed by atoms with E-state index in [-0.39, 0.29) is 18.0 Å². The number of hydrogen-bond acceptors (Lipinski definition) is 4. The van der Waals surface area contributed by atoms with Crippen LogP contribution in [0.2, 0.25) is 0 Å². The zero-order valence-corrected chi connectivity index (χ0v) is 12.9. The number of aryl methyl sites for hydroxylation is 1. The summed E-state index contributed by atoms with van der Waals surface area (Å²) >= 11 is 1.22. The average Bonchev–Trinajstić information content (AvgIpc) is 3.17. The lowest BCUT2D eigenvalue weighted by Crippen LogP contribution is -2.25. The van der Waals surface area contributed by atoms with E-state index in [1.54, 1.807) is 5.38 Å². The first-order chi connectivity index (χ1) is 10.6. The van der Waals surface area contributed by atoms with Crippen LogP contribution in [0, 0.1) is 6.92 Å². The minimum Gasteiger partial charge on any atom is -0.348 e. The minimum absolute atomic E-state index is 0.189. The zero-order chi connectivity index (χ0) is 15.5. The van der Waals surface area contributed by atoms with Crippen LogP contribution in [0.25, 0.3) is 0 Å². The third-order valence-corrected chi connectivity index (χ3v) is 3.94. The zero-order valence-electron chi connectivity index (χ0n) is 12.1. The number of anilines is 2. The molecule has 3 rings (SSSR count). The van der Waals surface area contributed by atoms with E-state index in [0.29, 0.717) is 16.5 Å². The summed E-state index contributed by atoms with van der Waals surface area (Å²) in [6, 6.07) is 7.39. The summed E-state index contributed by atoms with van der Waals surface area (Å²) in [6.07, 6.45) is 2.06. The van der Waals surface area contributed by atoms with Crippen molar-refractivity contribution in [3.63, 3.8) is 0 Å². The second-order valence-corrected chi connectivity index (χ2v) is 6.09. The normalized spacial score (nSPS) is 13.5. The number of rotatable bonds is 4. The molecule has 1 aromatic carbocycles. The Kier molecular flexibility index (Phi) is 4.06. The van der Waals surface area contributed by atoms with E-state index in [1.165, 1.54) is 11.3 Å². The molecule has 3 amide bonds. The highest BCUT2D eigenvalue weighted by atomic mass is 32.1. The molecule has 0 spiro atoms. The maximum absolute atomic E-state index is 11.9. The molecule has 1 saturated carbocycles. The smallest absolute Gasteiger partial charge is 0.325 e. The first-order valence-electron chi connectivity index (χ1n) is 7.01. The van der Waals surface area contributed by atoms with E-state index in [1.807, 2.05) is 31.2 Å². The van der Waals surface area contributed by atoms with Crippen molar-refractivity contribution in [2.45, 2.75) is 25.8 Å². The predicted octanol–water partition coefficient (Wildman–Crippen LogP) is 2.99. The van der Waals surface area contributed by atoms with E-state index in [4.69, 9.17) is 0 Å². The Morgan fingerprint density at radius 2 is 1.91 bits per heavy atom. The molecule has 1 aliphatic carbocycles. The number of carbonyl (C=O) groups is 2. The van der Waals surface area contributed by atoms with Crippen LogP contribution in [0.5, 0.6) is 0 Å². The molecule has 7 heteroatoms. The van der Waals surface area contributed by atoms with E-state index >= 15 is 0 Å². The van der Waals surface area contributed by atoms with E-state index in [2.05, 4.69) is 20.9 Å². The van der Waals surface area contributed by atoms with Gasteiger partial charge in [0.05, 0.1) is 0 Å². The Balaban J connectivity index is 1.55. The second-order valence-electron chi connectivity index (χ2n) is 5.23. The van der Waals surface area contributed by atoms with Crippen LogP contribution in [-0.2, 0) is 0 Å². The van der Waals surface area contributed by atoms with Crippen molar-refractivity contribution in [3.05, 3.63) is 40.9 Å². The van der Waals surface area contributed by atoms with Gasteiger partial charge in [-0.1, -0.05) is 17.7 Å². The van der Waals surface area contributed by atoms with Gasteiger partial charge in [-0.25, -0.2) is 9.78 Å². The van der Waals surface area contributed by atoms with Gasteiger partial charge in [0.25, 0.3) is 5.91 Å². The van der Waals surface area contributed by atoms with Gasteiger partial charge < -0.3 is 10.6 Å². The quantitative estimate of drug-likeness (QED) is 0.811. The summed E-state index contributed by atoms with van der Waals surface area (Å²) in [5.74, 6) is -0.189. The highest BCUT2D eigenvalue weighted by molar-refractivity contribution is 7.14. The average molecular weight is 316 g/mol. The Hall–Kier alpha value is -2.41. The monoisotopic (exact) mass is 316 g/mol. The van der Waals surface area contributed by atoms with Crippen molar-refractivity contribution in [1.82, 2.24) is 10.3 Å². The van der Waals surface area contributed by atoms with Crippen molar-refractivity contribution >= 4 is 34.1 Å². The Morgan fingerprint density at radius 1 is 1.18 bits per heavy atom. The van der Waals surface area contributed by atoms with Gasteiger partial charge in [-0.05, 0) is 31.9 Å². The molecule has 3 N–H and O–H groups in total. The lowest BCUT2D eigenvalue weighted by Gasteiger charge is -2.05.